The van der Waals surface area contributed by atoms with Gasteiger partial charge >= 0.3 is 0 Å². The summed E-state index contributed by atoms with van der Waals surface area (Å²) in [7, 11) is 0. The van der Waals surface area contributed by atoms with Crippen LogP contribution in [0.25, 0.3) is 22.3 Å². The molecule has 2 nitrogen and oxygen atoms in total. The van der Waals surface area contributed by atoms with Gasteiger partial charge in [-0.05, 0) is 162 Å². The third-order valence-electron chi connectivity index (χ3n) is 16.8. The molecule has 0 unspecified atom stereocenters. The summed E-state index contributed by atoms with van der Waals surface area (Å²) in [4.78, 5) is 5.27. The second kappa shape index (κ2) is 16.5. The average Bonchev–Trinajstić information content (AvgIpc) is 3.34. The first kappa shape index (κ1) is 46.8. The van der Waals surface area contributed by atoms with E-state index in [1.165, 1.54) is 112 Å². The molecule has 0 spiro atoms. The normalized spacial score (nSPS) is 15.7. The number of benzene rings is 8. The zero-order valence-corrected chi connectivity index (χ0v) is 44.6. The van der Waals surface area contributed by atoms with Crippen LogP contribution in [0.2, 0.25) is 0 Å². The smallest absolute Gasteiger partial charge is 0.252 e. The standard InChI is InChI=1S/C68H71BN2/c1-44-38-61-63-62(39-44)71(58-34-30-50(65(5,6)7)40-53(58)47-26-24-46(25-27-47)45-20-16-14-17-21-45)60-43-55-54(66(8,9)36-37-67(55,10)11)42-57(60)69(63)56-41-51(68(12,13)49-22-18-15-19-23-49)31-35-59(56)70(61)52-32-28-48(29-33-52)64(2,3)4/h14-35,38-43H,36-37H2,1-13H3. The Morgan fingerprint density at radius 2 is 0.915 bits per heavy atom. The lowest BCUT2D eigenvalue weighted by Gasteiger charge is -2.48. The zero-order chi connectivity index (χ0) is 50.0. The highest BCUT2D eigenvalue weighted by atomic mass is 15.2. The Morgan fingerprint density at radius 3 is 1.54 bits per heavy atom. The van der Waals surface area contributed by atoms with E-state index in [0.29, 0.717) is 0 Å². The molecule has 3 aliphatic rings. The number of hydrogen-bond acceptors (Lipinski definition) is 2. The van der Waals surface area contributed by atoms with Crippen LogP contribution in [0.5, 0.6) is 0 Å². The number of fused-ring (bicyclic) bond motifs is 5. The van der Waals surface area contributed by atoms with E-state index in [2.05, 4.69) is 270 Å². The second-order valence-electron chi connectivity index (χ2n) is 25.0. The molecule has 0 bridgehead atoms. The minimum Gasteiger partial charge on any atom is -0.311 e. The summed E-state index contributed by atoms with van der Waals surface area (Å²) in [5, 5.41) is 0. The van der Waals surface area contributed by atoms with Crippen molar-refractivity contribution in [3.8, 4) is 22.3 Å². The molecular weight excluding hydrogens is 856 g/mol. The van der Waals surface area contributed by atoms with Gasteiger partial charge in [0, 0.05) is 39.4 Å². The summed E-state index contributed by atoms with van der Waals surface area (Å²) in [6, 6.07) is 65.6. The summed E-state index contributed by atoms with van der Waals surface area (Å²) in [6.45, 7) is 30.9. The Labute approximate surface area is 425 Å². The van der Waals surface area contributed by atoms with Crippen LogP contribution in [-0.4, -0.2) is 6.71 Å². The third-order valence-corrected chi connectivity index (χ3v) is 16.8. The number of aryl methyl sites for hydroxylation is 1. The van der Waals surface area contributed by atoms with E-state index < -0.39 is 0 Å². The van der Waals surface area contributed by atoms with Crippen molar-refractivity contribution in [1.29, 1.82) is 0 Å². The molecule has 2 heterocycles. The molecule has 0 saturated heterocycles. The topological polar surface area (TPSA) is 6.48 Å². The number of hydrogen-bond donors (Lipinski definition) is 0. The first-order chi connectivity index (χ1) is 33.6. The summed E-state index contributed by atoms with van der Waals surface area (Å²) in [5.41, 5.74) is 25.8. The Hall–Kier alpha value is -6.58. The molecule has 0 N–H and O–H groups in total. The monoisotopic (exact) mass is 927 g/mol. The Balaban J connectivity index is 1.24. The Morgan fingerprint density at radius 1 is 0.408 bits per heavy atom. The minimum atomic E-state index is -0.225. The van der Waals surface area contributed by atoms with Crippen LogP contribution < -0.4 is 26.2 Å². The van der Waals surface area contributed by atoms with Gasteiger partial charge in [0.2, 0.25) is 0 Å². The van der Waals surface area contributed by atoms with Crippen molar-refractivity contribution >= 4 is 57.2 Å². The number of nitrogens with zero attached hydrogens (tertiary/aromatic N) is 2. The number of anilines is 6. The molecule has 1 aliphatic carbocycles. The van der Waals surface area contributed by atoms with Gasteiger partial charge in [-0.15, -0.1) is 0 Å². The fourth-order valence-electron chi connectivity index (χ4n) is 12.2. The fourth-order valence-corrected chi connectivity index (χ4v) is 12.2. The maximum atomic E-state index is 2.69. The third kappa shape index (κ3) is 7.87. The van der Waals surface area contributed by atoms with Gasteiger partial charge in [-0.25, -0.2) is 0 Å². The van der Waals surface area contributed by atoms with Crippen molar-refractivity contribution in [3.05, 3.63) is 209 Å². The molecule has 0 aromatic heterocycles. The second-order valence-corrected chi connectivity index (χ2v) is 25.0. The largest absolute Gasteiger partial charge is 0.311 e. The van der Waals surface area contributed by atoms with Crippen molar-refractivity contribution in [1.82, 2.24) is 0 Å². The molecule has 8 aromatic carbocycles. The predicted octanol–water partition coefficient (Wildman–Crippen LogP) is 16.7. The first-order valence-electron chi connectivity index (χ1n) is 26.2. The van der Waals surface area contributed by atoms with Gasteiger partial charge in [0.05, 0.1) is 5.69 Å². The molecule has 0 radical (unpaired) electrons. The van der Waals surface area contributed by atoms with E-state index in [1.807, 2.05) is 0 Å². The summed E-state index contributed by atoms with van der Waals surface area (Å²) >= 11 is 0. The van der Waals surface area contributed by atoms with Crippen LogP contribution in [0.1, 0.15) is 135 Å². The molecule has 0 amide bonds. The van der Waals surface area contributed by atoms with Crippen LogP contribution in [0.4, 0.5) is 34.1 Å². The lowest BCUT2D eigenvalue weighted by atomic mass is 9.33. The van der Waals surface area contributed by atoms with Crippen LogP contribution in [0.15, 0.2) is 170 Å². The van der Waals surface area contributed by atoms with Crippen molar-refractivity contribution in [2.75, 3.05) is 9.80 Å². The van der Waals surface area contributed by atoms with Gasteiger partial charge in [-0.2, -0.15) is 0 Å². The SMILES string of the molecule is Cc1cc2c3c(c1)N(c1ccc(C(C)(C)C)cc1-c1ccc(-c4ccccc4)cc1)c1cc4c(cc1B3c1cc(C(C)(C)c3ccccc3)ccc1N2c1ccc(C(C)(C)C)cc1)C(C)(C)CCC4(C)C. The van der Waals surface area contributed by atoms with E-state index in [9.17, 15) is 0 Å². The van der Waals surface area contributed by atoms with Crippen LogP contribution in [0.3, 0.4) is 0 Å². The van der Waals surface area contributed by atoms with Gasteiger partial charge in [0.15, 0.2) is 0 Å². The molecule has 11 rings (SSSR count). The summed E-state index contributed by atoms with van der Waals surface area (Å²) in [5.74, 6) is 0. The van der Waals surface area contributed by atoms with E-state index in [-0.39, 0.29) is 33.8 Å². The van der Waals surface area contributed by atoms with E-state index in [0.717, 1.165) is 12.8 Å². The van der Waals surface area contributed by atoms with E-state index >= 15 is 0 Å². The summed E-state index contributed by atoms with van der Waals surface area (Å²) < 4.78 is 0. The molecule has 71 heavy (non-hydrogen) atoms. The Bertz CT molecular complexity index is 3340. The van der Waals surface area contributed by atoms with Crippen LogP contribution in [-0.2, 0) is 27.1 Å². The lowest BCUT2D eigenvalue weighted by Crippen LogP contribution is -2.62. The average molecular weight is 927 g/mol. The quantitative estimate of drug-likeness (QED) is 0.153. The molecule has 8 aromatic rings. The van der Waals surface area contributed by atoms with Crippen molar-refractivity contribution in [2.45, 2.75) is 130 Å². The highest BCUT2D eigenvalue weighted by Crippen LogP contribution is 2.52. The van der Waals surface area contributed by atoms with E-state index in [1.54, 1.807) is 0 Å². The van der Waals surface area contributed by atoms with Crippen molar-refractivity contribution in [3.63, 3.8) is 0 Å². The fraction of sp³-hybridized carbons (Fsp3) is 0.294. The summed E-state index contributed by atoms with van der Waals surface area (Å²) in [6.07, 6.45) is 2.31. The number of rotatable bonds is 6. The van der Waals surface area contributed by atoms with Crippen LogP contribution >= 0.6 is 0 Å². The van der Waals surface area contributed by atoms with Gasteiger partial charge in [0.1, 0.15) is 0 Å². The maximum absolute atomic E-state index is 2.69. The molecule has 356 valence electrons. The highest BCUT2D eigenvalue weighted by molar-refractivity contribution is 7.00. The van der Waals surface area contributed by atoms with E-state index in [4.69, 9.17) is 0 Å². The minimum absolute atomic E-state index is 0.00735. The molecule has 2 aliphatic heterocycles. The van der Waals surface area contributed by atoms with Crippen LogP contribution in [0, 0.1) is 6.92 Å². The zero-order valence-electron chi connectivity index (χ0n) is 44.6. The van der Waals surface area contributed by atoms with Gasteiger partial charge in [-0.3, -0.25) is 0 Å². The van der Waals surface area contributed by atoms with Gasteiger partial charge in [0.25, 0.3) is 6.71 Å². The predicted molar refractivity (Wildman–Crippen MR) is 307 cm³/mol. The highest BCUT2D eigenvalue weighted by Gasteiger charge is 2.47. The lowest BCUT2D eigenvalue weighted by molar-refractivity contribution is 0.332. The maximum Gasteiger partial charge on any atom is 0.252 e. The first-order valence-corrected chi connectivity index (χ1v) is 26.2. The van der Waals surface area contributed by atoms with Crippen molar-refractivity contribution in [2.24, 2.45) is 0 Å². The van der Waals surface area contributed by atoms with Gasteiger partial charge < -0.3 is 9.80 Å². The molecule has 0 fully saturated rings. The molecule has 0 saturated carbocycles. The Kier molecular flexibility index (Phi) is 10.9. The molecular formula is C68H71BN2. The molecule has 3 heteroatoms. The van der Waals surface area contributed by atoms with Gasteiger partial charge in [-0.1, -0.05) is 204 Å². The molecule has 0 atom stereocenters. The van der Waals surface area contributed by atoms with Crippen molar-refractivity contribution < 1.29 is 0 Å².